The Bertz CT molecular complexity index is 419. The molecule has 0 spiro atoms. The van der Waals surface area contributed by atoms with Crippen molar-refractivity contribution >= 4 is 39.1 Å². The lowest BCUT2D eigenvalue weighted by atomic mass is 10.2. The molecule has 92 valence electrons. The molecule has 1 atom stereocenters. The van der Waals surface area contributed by atoms with Gasteiger partial charge in [-0.15, -0.1) is 0 Å². The molecule has 1 fully saturated rings. The van der Waals surface area contributed by atoms with E-state index in [0.29, 0.717) is 11.4 Å². The Kier molecular flexibility index (Phi) is 4.42. The fraction of sp³-hybridized carbons (Fsp3) is 0.417. The third kappa shape index (κ3) is 3.69. The first-order valence-electron chi connectivity index (χ1n) is 5.51. The summed E-state index contributed by atoms with van der Waals surface area (Å²) in [4.78, 5) is 11.7. The molecular formula is C12H13BrClNO2. The average molecular weight is 319 g/mol. The van der Waals surface area contributed by atoms with Crippen LogP contribution in [0.1, 0.15) is 19.3 Å². The Morgan fingerprint density at radius 1 is 1.59 bits per heavy atom. The molecule has 1 amide bonds. The van der Waals surface area contributed by atoms with Crippen molar-refractivity contribution in [2.45, 2.75) is 25.4 Å². The van der Waals surface area contributed by atoms with Crippen LogP contribution in [0.5, 0.6) is 0 Å². The van der Waals surface area contributed by atoms with E-state index in [1.54, 1.807) is 18.2 Å². The number of carbonyl (C=O) groups excluding carboxylic acids is 1. The van der Waals surface area contributed by atoms with Gasteiger partial charge in [-0.25, -0.2) is 0 Å². The number of rotatable bonds is 3. The van der Waals surface area contributed by atoms with Crippen LogP contribution in [0, 0.1) is 0 Å². The standard InChI is InChI=1S/C12H13BrClNO2/c13-10-6-8(3-4-11(10)14)15-12(16)7-9-2-1-5-17-9/h3-4,6,9H,1-2,5,7H2,(H,15,16). The van der Waals surface area contributed by atoms with E-state index in [-0.39, 0.29) is 12.0 Å². The van der Waals surface area contributed by atoms with Crippen LogP contribution in [0.15, 0.2) is 22.7 Å². The van der Waals surface area contributed by atoms with E-state index in [9.17, 15) is 4.79 Å². The number of anilines is 1. The SMILES string of the molecule is O=C(CC1CCCO1)Nc1ccc(Cl)c(Br)c1. The van der Waals surface area contributed by atoms with E-state index in [4.69, 9.17) is 16.3 Å². The molecule has 0 bridgehead atoms. The third-order valence-electron chi connectivity index (χ3n) is 2.64. The van der Waals surface area contributed by atoms with Gasteiger partial charge >= 0.3 is 0 Å². The van der Waals surface area contributed by atoms with Gasteiger partial charge < -0.3 is 10.1 Å². The molecule has 1 N–H and O–H groups in total. The molecule has 1 aliphatic rings. The Labute approximate surface area is 114 Å². The number of amides is 1. The second-order valence-corrected chi connectivity index (χ2v) is 5.28. The highest BCUT2D eigenvalue weighted by Gasteiger charge is 2.19. The molecule has 2 rings (SSSR count). The van der Waals surface area contributed by atoms with Crippen molar-refractivity contribution in [3.8, 4) is 0 Å². The van der Waals surface area contributed by atoms with Crippen molar-refractivity contribution < 1.29 is 9.53 Å². The molecule has 0 aliphatic carbocycles. The molecular weight excluding hydrogens is 305 g/mol. The summed E-state index contributed by atoms with van der Waals surface area (Å²) in [6.07, 6.45) is 2.51. The predicted octanol–water partition coefficient (Wildman–Crippen LogP) is 3.61. The highest BCUT2D eigenvalue weighted by Crippen LogP contribution is 2.25. The minimum atomic E-state index is -0.0221. The van der Waals surface area contributed by atoms with E-state index < -0.39 is 0 Å². The van der Waals surface area contributed by atoms with Gasteiger partial charge in [0.05, 0.1) is 17.5 Å². The normalized spacial score (nSPS) is 19.3. The summed E-state index contributed by atoms with van der Waals surface area (Å²) < 4.78 is 6.19. The smallest absolute Gasteiger partial charge is 0.226 e. The second kappa shape index (κ2) is 5.85. The Balaban J connectivity index is 1.90. The number of carbonyl (C=O) groups is 1. The van der Waals surface area contributed by atoms with Crippen molar-refractivity contribution in [1.29, 1.82) is 0 Å². The van der Waals surface area contributed by atoms with Crippen LogP contribution < -0.4 is 5.32 Å². The second-order valence-electron chi connectivity index (χ2n) is 4.02. The molecule has 3 nitrogen and oxygen atoms in total. The van der Waals surface area contributed by atoms with Gasteiger partial charge in [-0.1, -0.05) is 11.6 Å². The highest BCUT2D eigenvalue weighted by atomic mass is 79.9. The van der Waals surface area contributed by atoms with Crippen LogP contribution >= 0.6 is 27.5 Å². The molecule has 1 aromatic carbocycles. The van der Waals surface area contributed by atoms with Crippen LogP contribution in [0.25, 0.3) is 0 Å². The van der Waals surface area contributed by atoms with E-state index in [0.717, 1.165) is 29.6 Å². The Morgan fingerprint density at radius 3 is 3.06 bits per heavy atom. The fourth-order valence-electron chi connectivity index (χ4n) is 1.80. The van der Waals surface area contributed by atoms with Crippen LogP contribution in [0.4, 0.5) is 5.69 Å². The van der Waals surface area contributed by atoms with E-state index >= 15 is 0 Å². The average Bonchev–Trinajstić information content (AvgIpc) is 2.76. The summed E-state index contributed by atoms with van der Waals surface area (Å²) in [5.74, 6) is -0.0221. The molecule has 0 saturated carbocycles. The van der Waals surface area contributed by atoms with Gasteiger partial charge in [-0.2, -0.15) is 0 Å². The summed E-state index contributed by atoms with van der Waals surface area (Å²) in [5.41, 5.74) is 0.740. The molecule has 17 heavy (non-hydrogen) atoms. The third-order valence-corrected chi connectivity index (χ3v) is 3.85. The zero-order chi connectivity index (χ0) is 12.3. The van der Waals surface area contributed by atoms with Gasteiger partial charge in [0.2, 0.25) is 5.91 Å². The zero-order valence-electron chi connectivity index (χ0n) is 9.21. The van der Waals surface area contributed by atoms with Gasteiger partial charge in [0, 0.05) is 16.8 Å². The quantitative estimate of drug-likeness (QED) is 0.924. The Hall–Kier alpha value is -0.580. The summed E-state index contributed by atoms with van der Waals surface area (Å²) in [5, 5.41) is 3.46. The lowest BCUT2D eigenvalue weighted by molar-refractivity contribution is -0.118. The lowest BCUT2D eigenvalue weighted by Gasteiger charge is -2.10. The van der Waals surface area contributed by atoms with Crippen LogP contribution in [0.3, 0.4) is 0 Å². The molecule has 1 aromatic rings. The molecule has 0 aromatic heterocycles. The van der Waals surface area contributed by atoms with E-state index in [1.807, 2.05) is 0 Å². The van der Waals surface area contributed by atoms with Crippen LogP contribution in [-0.4, -0.2) is 18.6 Å². The van der Waals surface area contributed by atoms with Crippen molar-refractivity contribution in [3.63, 3.8) is 0 Å². The van der Waals surface area contributed by atoms with Crippen molar-refractivity contribution in [1.82, 2.24) is 0 Å². The largest absolute Gasteiger partial charge is 0.378 e. The molecule has 0 radical (unpaired) electrons. The summed E-state index contributed by atoms with van der Waals surface area (Å²) in [6.45, 7) is 0.768. The maximum atomic E-state index is 11.7. The summed E-state index contributed by atoms with van der Waals surface area (Å²) >= 11 is 9.19. The van der Waals surface area contributed by atoms with Gasteiger partial charge in [-0.3, -0.25) is 4.79 Å². The predicted molar refractivity (Wildman–Crippen MR) is 71.4 cm³/mol. The number of hydrogen-bond donors (Lipinski definition) is 1. The number of nitrogens with one attached hydrogen (secondary N) is 1. The highest BCUT2D eigenvalue weighted by molar-refractivity contribution is 9.10. The maximum Gasteiger partial charge on any atom is 0.226 e. The minimum absolute atomic E-state index is 0.0221. The number of hydrogen-bond acceptors (Lipinski definition) is 2. The molecule has 1 heterocycles. The molecule has 1 unspecified atom stereocenters. The van der Waals surface area contributed by atoms with E-state index in [2.05, 4.69) is 21.2 Å². The Morgan fingerprint density at radius 2 is 2.41 bits per heavy atom. The molecule has 1 aliphatic heterocycles. The zero-order valence-corrected chi connectivity index (χ0v) is 11.6. The van der Waals surface area contributed by atoms with Gasteiger partial charge in [0.1, 0.15) is 0 Å². The lowest BCUT2D eigenvalue weighted by Crippen LogP contribution is -2.19. The van der Waals surface area contributed by atoms with Gasteiger partial charge in [0.25, 0.3) is 0 Å². The number of benzene rings is 1. The van der Waals surface area contributed by atoms with Crippen LogP contribution in [0.2, 0.25) is 5.02 Å². The first kappa shape index (κ1) is 12.9. The van der Waals surface area contributed by atoms with E-state index in [1.165, 1.54) is 0 Å². The molecule has 1 saturated heterocycles. The maximum absolute atomic E-state index is 11.7. The number of ether oxygens (including phenoxy) is 1. The topological polar surface area (TPSA) is 38.3 Å². The van der Waals surface area contributed by atoms with Crippen LogP contribution in [-0.2, 0) is 9.53 Å². The van der Waals surface area contributed by atoms with Crippen molar-refractivity contribution in [2.75, 3.05) is 11.9 Å². The minimum Gasteiger partial charge on any atom is -0.378 e. The van der Waals surface area contributed by atoms with Crippen molar-refractivity contribution in [2.24, 2.45) is 0 Å². The summed E-state index contributed by atoms with van der Waals surface area (Å²) in [7, 11) is 0. The monoisotopic (exact) mass is 317 g/mol. The van der Waals surface area contributed by atoms with Gasteiger partial charge in [0.15, 0.2) is 0 Å². The first-order valence-corrected chi connectivity index (χ1v) is 6.69. The first-order chi connectivity index (χ1) is 8.15. The number of halogens is 2. The summed E-state index contributed by atoms with van der Waals surface area (Å²) in [6, 6.07) is 5.31. The molecule has 5 heteroatoms. The van der Waals surface area contributed by atoms with Crippen molar-refractivity contribution in [3.05, 3.63) is 27.7 Å². The van der Waals surface area contributed by atoms with Gasteiger partial charge in [-0.05, 0) is 47.0 Å². The fourth-order valence-corrected chi connectivity index (χ4v) is 2.29.